The van der Waals surface area contributed by atoms with Crippen LogP contribution in [0, 0.1) is 13.8 Å². The van der Waals surface area contributed by atoms with E-state index < -0.39 is 6.29 Å². The molecule has 0 aromatic heterocycles. The highest BCUT2D eigenvalue weighted by atomic mass is 16.7. The summed E-state index contributed by atoms with van der Waals surface area (Å²) in [5.41, 5.74) is 9.28. The fourth-order valence-electron chi connectivity index (χ4n) is 1.88. The molecular weight excluding hydrogens is 218 g/mol. The number of hydrogen-bond acceptors (Lipinski definition) is 4. The van der Waals surface area contributed by atoms with Gasteiger partial charge < -0.3 is 19.9 Å². The Labute approximate surface area is 103 Å². The largest absolute Gasteiger partial charge is 0.496 e. The monoisotopic (exact) mass is 239 g/mol. The van der Waals surface area contributed by atoms with Crippen molar-refractivity contribution < 1.29 is 14.2 Å². The van der Waals surface area contributed by atoms with Gasteiger partial charge in [-0.1, -0.05) is 12.1 Å². The standard InChI is InChI=1S/C13H21NO3/c1-8-6-7-10(12(15-3)9(8)2)11(14)13(16-4)17-5/h6-7,11,13H,14H2,1-5H3. The highest BCUT2D eigenvalue weighted by molar-refractivity contribution is 5.46. The van der Waals surface area contributed by atoms with Crippen molar-refractivity contribution in [2.24, 2.45) is 5.73 Å². The molecule has 0 heterocycles. The SMILES string of the molecule is COc1c(C(N)C(OC)OC)ccc(C)c1C. The van der Waals surface area contributed by atoms with Gasteiger partial charge in [0, 0.05) is 19.8 Å². The van der Waals surface area contributed by atoms with Crippen molar-refractivity contribution in [3.05, 3.63) is 28.8 Å². The van der Waals surface area contributed by atoms with Gasteiger partial charge in [-0.2, -0.15) is 0 Å². The van der Waals surface area contributed by atoms with Gasteiger partial charge in [-0.3, -0.25) is 0 Å². The van der Waals surface area contributed by atoms with Gasteiger partial charge in [-0.15, -0.1) is 0 Å². The number of hydrogen-bond donors (Lipinski definition) is 1. The van der Waals surface area contributed by atoms with Crippen molar-refractivity contribution in [3.63, 3.8) is 0 Å². The van der Waals surface area contributed by atoms with Crippen LogP contribution in [-0.4, -0.2) is 27.6 Å². The number of benzene rings is 1. The average Bonchev–Trinajstić information content (AvgIpc) is 2.33. The minimum atomic E-state index is -0.481. The zero-order valence-electron chi connectivity index (χ0n) is 11.1. The van der Waals surface area contributed by atoms with Gasteiger partial charge >= 0.3 is 0 Å². The molecule has 96 valence electrons. The van der Waals surface area contributed by atoms with Crippen LogP contribution in [0.3, 0.4) is 0 Å². The van der Waals surface area contributed by atoms with E-state index in [0.717, 1.165) is 16.9 Å². The van der Waals surface area contributed by atoms with Crippen molar-refractivity contribution in [2.75, 3.05) is 21.3 Å². The lowest BCUT2D eigenvalue weighted by molar-refractivity contribution is -0.117. The second kappa shape index (κ2) is 6.00. The quantitative estimate of drug-likeness (QED) is 0.798. The molecule has 1 unspecified atom stereocenters. The molecule has 0 fully saturated rings. The van der Waals surface area contributed by atoms with E-state index in [2.05, 4.69) is 0 Å². The van der Waals surface area contributed by atoms with Crippen LogP contribution in [0.4, 0.5) is 0 Å². The van der Waals surface area contributed by atoms with Crippen LogP contribution in [0.5, 0.6) is 5.75 Å². The van der Waals surface area contributed by atoms with E-state index in [0.29, 0.717) is 0 Å². The van der Waals surface area contributed by atoms with E-state index in [1.54, 1.807) is 21.3 Å². The first-order chi connectivity index (χ1) is 8.06. The lowest BCUT2D eigenvalue weighted by atomic mass is 9.99. The predicted molar refractivity (Wildman–Crippen MR) is 67.2 cm³/mol. The number of ether oxygens (including phenoxy) is 3. The maximum absolute atomic E-state index is 6.13. The van der Waals surface area contributed by atoms with Gasteiger partial charge in [0.2, 0.25) is 0 Å². The Bertz CT molecular complexity index is 375. The molecule has 0 aliphatic heterocycles. The molecule has 0 aliphatic carbocycles. The van der Waals surface area contributed by atoms with E-state index in [-0.39, 0.29) is 6.04 Å². The highest BCUT2D eigenvalue weighted by Gasteiger charge is 2.23. The molecular formula is C13H21NO3. The first kappa shape index (κ1) is 14.0. The molecule has 4 nitrogen and oxygen atoms in total. The van der Waals surface area contributed by atoms with Gasteiger partial charge in [-0.25, -0.2) is 0 Å². The Balaban J connectivity index is 3.17. The highest BCUT2D eigenvalue weighted by Crippen LogP contribution is 2.31. The fourth-order valence-corrected chi connectivity index (χ4v) is 1.88. The maximum Gasteiger partial charge on any atom is 0.176 e. The average molecular weight is 239 g/mol. The molecule has 0 spiro atoms. The van der Waals surface area contributed by atoms with E-state index in [1.807, 2.05) is 26.0 Å². The second-order valence-corrected chi connectivity index (χ2v) is 4.00. The summed E-state index contributed by atoms with van der Waals surface area (Å²) >= 11 is 0. The number of methoxy groups -OCH3 is 3. The zero-order chi connectivity index (χ0) is 13.0. The topological polar surface area (TPSA) is 53.7 Å². The van der Waals surface area contributed by atoms with Crippen LogP contribution in [0.25, 0.3) is 0 Å². The van der Waals surface area contributed by atoms with Crippen LogP contribution in [0.1, 0.15) is 22.7 Å². The third-order valence-electron chi connectivity index (χ3n) is 3.03. The lowest BCUT2D eigenvalue weighted by Gasteiger charge is -2.24. The Morgan fingerprint density at radius 1 is 1.06 bits per heavy atom. The molecule has 1 rings (SSSR count). The third kappa shape index (κ3) is 2.77. The van der Waals surface area contributed by atoms with Crippen molar-refractivity contribution in [2.45, 2.75) is 26.2 Å². The molecule has 4 heteroatoms. The van der Waals surface area contributed by atoms with Gasteiger partial charge in [0.15, 0.2) is 6.29 Å². The summed E-state index contributed by atoms with van der Waals surface area (Å²) in [6.45, 7) is 4.05. The van der Waals surface area contributed by atoms with Gasteiger partial charge in [0.1, 0.15) is 5.75 Å². The first-order valence-electron chi connectivity index (χ1n) is 5.52. The summed E-state index contributed by atoms with van der Waals surface area (Å²) in [6.07, 6.45) is -0.481. The van der Waals surface area contributed by atoms with E-state index in [4.69, 9.17) is 19.9 Å². The molecule has 0 aliphatic rings. The number of aryl methyl sites for hydroxylation is 1. The van der Waals surface area contributed by atoms with Crippen molar-refractivity contribution in [1.29, 1.82) is 0 Å². The van der Waals surface area contributed by atoms with Crippen LogP contribution in [0.15, 0.2) is 12.1 Å². The Kier molecular flexibility index (Phi) is 4.93. The molecule has 17 heavy (non-hydrogen) atoms. The molecule has 0 saturated carbocycles. The van der Waals surface area contributed by atoms with E-state index in [1.165, 1.54) is 5.56 Å². The molecule has 1 aromatic rings. The molecule has 2 N–H and O–H groups in total. The third-order valence-corrected chi connectivity index (χ3v) is 3.03. The summed E-state index contributed by atoms with van der Waals surface area (Å²) in [5, 5.41) is 0. The minimum absolute atomic E-state index is 0.376. The zero-order valence-corrected chi connectivity index (χ0v) is 11.1. The molecule has 1 aromatic carbocycles. The molecule has 0 amide bonds. The summed E-state index contributed by atoms with van der Waals surface area (Å²) in [6, 6.07) is 3.60. The summed E-state index contributed by atoms with van der Waals surface area (Å²) < 4.78 is 15.8. The van der Waals surface area contributed by atoms with Crippen molar-refractivity contribution in [1.82, 2.24) is 0 Å². The van der Waals surface area contributed by atoms with Gasteiger partial charge in [-0.05, 0) is 25.0 Å². The van der Waals surface area contributed by atoms with Gasteiger partial charge in [0.25, 0.3) is 0 Å². The van der Waals surface area contributed by atoms with Crippen molar-refractivity contribution in [3.8, 4) is 5.75 Å². The summed E-state index contributed by atoms with van der Waals surface area (Å²) in [5.74, 6) is 0.802. The Hall–Kier alpha value is -1.10. The van der Waals surface area contributed by atoms with Gasteiger partial charge in [0.05, 0.1) is 13.2 Å². The van der Waals surface area contributed by atoms with Crippen LogP contribution in [-0.2, 0) is 9.47 Å². The lowest BCUT2D eigenvalue weighted by Crippen LogP contribution is -2.30. The summed E-state index contributed by atoms with van der Waals surface area (Å²) in [4.78, 5) is 0. The van der Waals surface area contributed by atoms with Crippen LogP contribution in [0.2, 0.25) is 0 Å². The fraction of sp³-hybridized carbons (Fsp3) is 0.538. The summed E-state index contributed by atoms with van der Waals surface area (Å²) in [7, 11) is 4.79. The van der Waals surface area contributed by atoms with Crippen molar-refractivity contribution >= 4 is 0 Å². The maximum atomic E-state index is 6.13. The van der Waals surface area contributed by atoms with Crippen LogP contribution < -0.4 is 10.5 Å². The number of rotatable bonds is 5. The molecule has 0 bridgehead atoms. The van der Waals surface area contributed by atoms with E-state index in [9.17, 15) is 0 Å². The van der Waals surface area contributed by atoms with Crippen LogP contribution >= 0.6 is 0 Å². The number of nitrogens with two attached hydrogens (primary N) is 1. The predicted octanol–water partition coefficient (Wildman–Crippen LogP) is 1.93. The minimum Gasteiger partial charge on any atom is -0.496 e. The Morgan fingerprint density at radius 3 is 2.12 bits per heavy atom. The first-order valence-corrected chi connectivity index (χ1v) is 5.52. The molecule has 0 saturated heterocycles. The normalized spacial score (nSPS) is 12.9. The Morgan fingerprint density at radius 2 is 1.65 bits per heavy atom. The van der Waals surface area contributed by atoms with E-state index >= 15 is 0 Å². The molecule has 0 radical (unpaired) electrons. The smallest absolute Gasteiger partial charge is 0.176 e. The molecule has 1 atom stereocenters. The second-order valence-electron chi connectivity index (χ2n) is 4.00.